The van der Waals surface area contributed by atoms with Crippen LogP contribution in [0.3, 0.4) is 0 Å². The first kappa shape index (κ1) is 15.0. The normalized spacial score (nSPS) is 14.2. The maximum atomic E-state index is 9.97. The number of nitrogens with zero attached hydrogens (tertiary/aromatic N) is 3. The third-order valence-corrected chi connectivity index (χ3v) is 5.08. The highest BCUT2D eigenvalue weighted by molar-refractivity contribution is 7.13. The average molecular weight is 339 g/mol. The van der Waals surface area contributed by atoms with Crippen molar-refractivity contribution in [2.75, 3.05) is 18.0 Å². The molecule has 0 amide bonds. The van der Waals surface area contributed by atoms with Crippen molar-refractivity contribution in [3.8, 4) is 33.3 Å². The summed E-state index contributed by atoms with van der Waals surface area (Å²) in [5, 5.41) is 22.1. The summed E-state index contributed by atoms with van der Waals surface area (Å²) in [7, 11) is 0. The molecule has 0 radical (unpaired) electrons. The van der Waals surface area contributed by atoms with Crippen LogP contribution in [-0.2, 0) is 0 Å². The first-order valence-electron chi connectivity index (χ1n) is 7.90. The summed E-state index contributed by atoms with van der Waals surface area (Å²) in [4.78, 5) is 11.4. The van der Waals surface area contributed by atoms with Crippen molar-refractivity contribution in [1.29, 1.82) is 0 Å². The van der Waals surface area contributed by atoms with Gasteiger partial charge in [0.15, 0.2) is 0 Å². The largest absolute Gasteiger partial charge is 0.508 e. The molecule has 3 heterocycles. The van der Waals surface area contributed by atoms with E-state index in [1.165, 1.54) is 30.2 Å². The van der Waals surface area contributed by atoms with Gasteiger partial charge in [0.1, 0.15) is 22.3 Å². The van der Waals surface area contributed by atoms with Crippen LogP contribution in [0, 0.1) is 0 Å². The predicted molar refractivity (Wildman–Crippen MR) is 95.6 cm³/mol. The summed E-state index contributed by atoms with van der Waals surface area (Å²) in [5.41, 5.74) is 2.26. The second kappa shape index (κ2) is 6.13. The molecule has 1 fully saturated rings. The number of aromatic nitrogens is 2. The minimum Gasteiger partial charge on any atom is -0.508 e. The molecule has 0 bridgehead atoms. The van der Waals surface area contributed by atoms with Crippen molar-refractivity contribution < 1.29 is 10.2 Å². The van der Waals surface area contributed by atoms with Crippen LogP contribution < -0.4 is 4.90 Å². The van der Waals surface area contributed by atoms with E-state index >= 15 is 0 Å². The molecule has 6 heteroatoms. The van der Waals surface area contributed by atoms with Gasteiger partial charge in [0.25, 0.3) is 0 Å². The predicted octanol–water partition coefficient (Wildman–Crippen LogP) is 3.88. The quantitative estimate of drug-likeness (QED) is 0.758. The van der Waals surface area contributed by atoms with Gasteiger partial charge in [0, 0.05) is 41.9 Å². The van der Waals surface area contributed by atoms with E-state index in [1.807, 2.05) is 23.7 Å². The molecule has 3 aromatic rings. The number of pyridine rings is 1. The second-order valence-electron chi connectivity index (χ2n) is 5.84. The van der Waals surface area contributed by atoms with Gasteiger partial charge >= 0.3 is 0 Å². The average Bonchev–Trinajstić information content (AvgIpc) is 3.27. The van der Waals surface area contributed by atoms with Crippen LogP contribution in [0.1, 0.15) is 12.8 Å². The molecule has 0 unspecified atom stereocenters. The van der Waals surface area contributed by atoms with Gasteiger partial charge in [-0.15, -0.1) is 11.3 Å². The van der Waals surface area contributed by atoms with Crippen LogP contribution in [0.15, 0.2) is 41.9 Å². The maximum absolute atomic E-state index is 9.97. The lowest BCUT2D eigenvalue weighted by molar-refractivity contribution is 0.452. The Morgan fingerprint density at radius 2 is 1.88 bits per heavy atom. The van der Waals surface area contributed by atoms with Gasteiger partial charge in [-0.3, -0.25) is 0 Å². The Morgan fingerprint density at radius 3 is 2.58 bits per heavy atom. The number of benzene rings is 1. The van der Waals surface area contributed by atoms with Crippen LogP contribution in [0.5, 0.6) is 11.5 Å². The van der Waals surface area contributed by atoms with Crippen molar-refractivity contribution >= 4 is 17.2 Å². The minimum absolute atomic E-state index is 0.0226. The molecule has 0 atom stereocenters. The number of phenolic OH excluding ortho intramolecular Hbond substituents is 2. The SMILES string of the molecule is Oc1ccc(-c2csc(-c3ccc(N4CCCC4)nc3)n2)c(O)c1. The van der Waals surface area contributed by atoms with Crippen LogP contribution in [0.4, 0.5) is 5.82 Å². The molecule has 24 heavy (non-hydrogen) atoms. The molecule has 4 rings (SSSR count). The lowest BCUT2D eigenvalue weighted by Gasteiger charge is -2.15. The number of rotatable bonds is 3. The van der Waals surface area contributed by atoms with E-state index in [0.717, 1.165) is 29.5 Å². The number of aromatic hydroxyl groups is 2. The minimum atomic E-state index is 0.0226. The molecule has 122 valence electrons. The Morgan fingerprint density at radius 1 is 1.04 bits per heavy atom. The van der Waals surface area contributed by atoms with Crippen LogP contribution in [0.2, 0.25) is 0 Å². The van der Waals surface area contributed by atoms with E-state index < -0.39 is 0 Å². The van der Waals surface area contributed by atoms with E-state index in [1.54, 1.807) is 12.1 Å². The molecule has 2 N–H and O–H groups in total. The van der Waals surface area contributed by atoms with E-state index in [4.69, 9.17) is 0 Å². The lowest BCUT2D eigenvalue weighted by Crippen LogP contribution is -2.18. The van der Waals surface area contributed by atoms with Crippen molar-refractivity contribution in [2.24, 2.45) is 0 Å². The Kier molecular flexibility index (Phi) is 3.82. The van der Waals surface area contributed by atoms with E-state index in [2.05, 4.69) is 14.9 Å². The van der Waals surface area contributed by atoms with Gasteiger partial charge < -0.3 is 15.1 Å². The van der Waals surface area contributed by atoms with Gasteiger partial charge in [-0.2, -0.15) is 0 Å². The topological polar surface area (TPSA) is 69.5 Å². The fraction of sp³-hybridized carbons (Fsp3) is 0.222. The fourth-order valence-electron chi connectivity index (χ4n) is 2.91. The zero-order valence-corrected chi connectivity index (χ0v) is 13.8. The third-order valence-electron chi connectivity index (χ3n) is 4.19. The molecule has 1 aromatic carbocycles. The number of thiazole rings is 1. The summed E-state index contributed by atoms with van der Waals surface area (Å²) in [6.45, 7) is 2.15. The molecule has 2 aromatic heterocycles. The summed E-state index contributed by atoms with van der Waals surface area (Å²) in [6.07, 6.45) is 4.32. The summed E-state index contributed by atoms with van der Waals surface area (Å²) in [5.74, 6) is 1.08. The van der Waals surface area contributed by atoms with E-state index in [0.29, 0.717) is 11.3 Å². The van der Waals surface area contributed by atoms with Gasteiger partial charge in [0.2, 0.25) is 0 Å². The molecule has 5 nitrogen and oxygen atoms in total. The smallest absolute Gasteiger partial charge is 0.128 e. The molecule has 1 aliphatic rings. The van der Waals surface area contributed by atoms with Gasteiger partial charge in [-0.25, -0.2) is 9.97 Å². The van der Waals surface area contributed by atoms with Gasteiger partial charge in [-0.05, 0) is 37.1 Å². The summed E-state index contributed by atoms with van der Waals surface area (Å²) >= 11 is 1.51. The van der Waals surface area contributed by atoms with Crippen molar-refractivity contribution in [2.45, 2.75) is 12.8 Å². The first-order chi connectivity index (χ1) is 11.7. The highest BCUT2D eigenvalue weighted by atomic mass is 32.1. The fourth-order valence-corrected chi connectivity index (χ4v) is 3.72. The number of hydrogen-bond acceptors (Lipinski definition) is 6. The third kappa shape index (κ3) is 2.80. The maximum Gasteiger partial charge on any atom is 0.128 e. The van der Waals surface area contributed by atoms with Crippen LogP contribution >= 0.6 is 11.3 Å². The zero-order chi connectivity index (χ0) is 16.5. The number of phenols is 2. The monoisotopic (exact) mass is 339 g/mol. The Labute approximate surface area is 143 Å². The Bertz CT molecular complexity index is 855. The molecule has 1 saturated heterocycles. The molecule has 0 aliphatic carbocycles. The van der Waals surface area contributed by atoms with E-state index in [-0.39, 0.29) is 11.5 Å². The highest BCUT2D eigenvalue weighted by Crippen LogP contribution is 2.35. The lowest BCUT2D eigenvalue weighted by atomic mass is 10.1. The Balaban J connectivity index is 1.60. The second-order valence-corrected chi connectivity index (χ2v) is 6.70. The molecule has 1 aliphatic heterocycles. The van der Waals surface area contributed by atoms with Crippen molar-refractivity contribution in [3.05, 3.63) is 41.9 Å². The number of hydrogen-bond donors (Lipinski definition) is 2. The first-order valence-corrected chi connectivity index (χ1v) is 8.78. The van der Waals surface area contributed by atoms with Crippen molar-refractivity contribution in [1.82, 2.24) is 9.97 Å². The Hall–Kier alpha value is -2.60. The molecule has 0 saturated carbocycles. The summed E-state index contributed by atoms with van der Waals surface area (Å²) < 4.78 is 0. The molecular formula is C18H17N3O2S. The zero-order valence-electron chi connectivity index (χ0n) is 13.0. The van der Waals surface area contributed by atoms with Gasteiger partial charge in [-0.1, -0.05) is 0 Å². The van der Waals surface area contributed by atoms with E-state index in [9.17, 15) is 10.2 Å². The van der Waals surface area contributed by atoms with Crippen LogP contribution in [-0.4, -0.2) is 33.3 Å². The number of anilines is 1. The standard InChI is InChI=1S/C18H17N3O2S/c22-13-4-5-14(16(23)9-13)15-11-24-18(20-15)12-3-6-17(19-10-12)21-7-1-2-8-21/h3-6,9-11,22-23H,1-2,7-8H2. The van der Waals surface area contributed by atoms with Crippen LogP contribution in [0.25, 0.3) is 21.8 Å². The molecule has 0 spiro atoms. The van der Waals surface area contributed by atoms with Crippen molar-refractivity contribution in [3.63, 3.8) is 0 Å². The highest BCUT2D eigenvalue weighted by Gasteiger charge is 2.14. The summed E-state index contributed by atoms with van der Waals surface area (Å²) in [6, 6.07) is 8.61. The molecular weight excluding hydrogens is 322 g/mol. The van der Waals surface area contributed by atoms with Gasteiger partial charge in [0.05, 0.1) is 5.69 Å².